The molecule has 2 saturated carbocycles. The van der Waals surface area contributed by atoms with E-state index in [-0.39, 0.29) is 11.5 Å². The molecule has 0 heterocycles. The number of fused-ring (bicyclic) bond motifs is 1. The number of benzene rings is 2. The van der Waals surface area contributed by atoms with E-state index in [1.165, 1.54) is 57.4 Å². The van der Waals surface area contributed by atoms with E-state index in [0.717, 1.165) is 37.2 Å². The van der Waals surface area contributed by atoms with E-state index in [2.05, 4.69) is 6.92 Å². The molecule has 2 aliphatic carbocycles. The van der Waals surface area contributed by atoms with Crippen LogP contribution in [0.1, 0.15) is 99.4 Å². The highest BCUT2D eigenvalue weighted by Gasteiger charge is 2.36. The maximum absolute atomic E-state index is 15.0. The second kappa shape index (κ2) is 11.6. The predicted molar refractivity (Wildman–Crippen MR) is 127 cm³/mol. The minimum Gasteiger partial charge on any atom is -0.423 e. The van der Waals surface area contributed by atoms with Gasteiger partial charge in [-0.3, -0.25) is 0 Å². The number of rotatable bonds is 8. The summed E-state index contributed by atoms with van der Waals surface area (Å²) in [7, 11) is 0. The molecule has 2 aliphatic rings. The number of esters is 1. The van der Waals surface area contributed by atoms with Crippen molar-refractivity contribution in [3.63, 3.8) is 0 Å². The Morgan fingerprint density at radius 3 is 2.29 bits per heavy atom. The molecule has 35 heavy (non-hydrogen) atoms. The maximum atomic E-state index is 15.0. The molecule has 4 atom stereocenters. The van der Waals surface area contributed by atoms with Gasteiger partial charge in [0.05, 0.1) is 5.56 Å². The van der Waals surface area contributed by atoms with Gasteiger partial charge in [-0.1, -0.05) is 51.5 Å². The third-order valence-corrected chi connectivity index (χ3v) is 8.03. The van der Waals surface area contributed by atoms with Crippen LogP contribution < -0.4 is 4.74 Å². The van der Waals surface area contributed by atoms with Crippen LogP contribution in [0, 0.1) is 41.0 Å². The zero-order valence-electron chi connectivity index (χ0n) is 20.3. The van der Waals surface area contributed by atoms with Gasteiger partial charge in [0.15, 0.2) is 17.5 Å². The molecule has 0 amide bonds. The number of halogens is 4. The summed E-state index contributed by atoms with van der Waals surface area (Å²) >= 11 is 0. The minimum absolute atomic E-state index is 0.0614. The Hall–Kier alpha value is -2.37. The summed E-state index contributed by atoms with van der Waals surface area (Å²) in [6, 6.07) is 5.39. The SMILES string of the molecule is CCCCCCC1CCC2CC(c3ccc(C(=O)Oc4cc(F)c(F)c(F)c4)cc3F)CCC2C1. The van der Waals surface area contributed by atoms with Gasteiger partial charge in [0, 0.05) is 12.1 Å². The Kier molecular flexibility index (Phi) is 8.51. The first-order valence-corrected chi connectivity index (χ1v) is 13.0. The van der Waals surface area contributed by atoms with Crippen molar-refractivity contribution in [2.75, 3.05) is 0 Å². The van der Waals surface area contributed by atoms with Crippen molar-refractivity contribution < 1.29 is 27.1 Å². The van der Waals surface area contributed by atoms with Gasteiger partial charge in [0.25, 0.3) is 0 Å². The van der Waals surface area contributed by atoms with E-state index < -0.39 is 35.0 Å². The zero-order chi connectivity index (χ0) is 24.9. The molecule has 2 fully saturated rings. The zero-order valence-corrected chi connectivity index (χ0v) is 20.3. The summed E-state index contributed by atoms with van der Waals surface area (Å²) in [6.45, 7) is 2.24. The lowest BCUT2D eigenvalue weighted by molar-refractivity contribution is 0.0733. The maximum Gasteiger partial charge on any atom is 0.343 e. The first-order chi connectivity index (χ1) is 16.9. The fraction of sp³-hybridized carbons (Fsp3) is 0.552. The van der Waals surface area contributed by atoms with Gasteiger partial charge in [0.1, 0.15) is 11.6 Å². The fourth-order valence-corrected chi connectivity index (χ4v) is 6.13. The van der Waals surface area contributed by atoms with Crippen molar-refractivity contribution >= 4 is 5.97 Å². The molecular formula is C29H34F4O2. The Morgan fingerprint density at radius 2 is 1.57 bits per heavy atom. The van der Waals surface area contributed by atoms with Crippen molar-refractivity contribution in [3.8, 4) is 5.75 Å². The summed E-state index contributed by atoms with van der Waals surface area (Å²) in [6.07, 6.45) is 13.4. The van der Waals surface area contributed by atoms with E-state index in [4.69, 9.17) is 4.74 Å². The van der Waals surface area contributed by atoms with Crippen molar-refractivity contribution in [3.05, 3.63) is 64.7 Å². The van der Waals surface area contributed by atoms with Crippen LogP contribution in [0.2, 0.25) is 0 Å². The molecule has 0 saturated heterocycles. The lowest BCUT2D eigenvalue weighted by Gasteiger charge is -2.42. The van der Waals surface area contributed by atoms with Crippen LogP contribution in [0.4, 0.5) is 17.6 Å². The molecule has 0 N–H and O–H groups in total. The van der Waals surface area contributed by atoms with E-state index >= 15 is 4.39 Å². The third-order valence-electron chi connectivity index (χ3n) is 8.03. The van der Waals surface area contributed by atoms with E-state index in [1.807, 2.05) is 0 Å². The second-order valence-electron chi connectivity index (χ2n) is 10.4. The third kappa shape index (κ3) is 6.25. The molecule has 2 nitrogen and oxygen atoms in total. The Labute approximate surface area is 205 Å². The van der Waals surface area contributed by atoms with Gasteiger partial charge in [-0.2, -0.15) is 0 Å². The molecule has 2 aromatic rings. The van der Waals surface area contributed by atoms with Gasteiger partial charge in [-0.15, -0.1) is 0 Å². The fourth-order valence-electron chi connectivity index (χ4n) is 6.13. The molecule has 0 bridgehead atoms. The van der Waals surface area contributed by atoms with Crippen LogP contribution in [0.15, 0.2) is 30.3 Å². The summed E-state index contributed by atoms with van der Waals surface area (Å²) in [5.74, 6) is -4.13. The highest BCUT2D eigenvalue weighted by Crippen LogP contribution is 2.48. The lowest BCUT2D eigenvalue weighted by Crippen LogP contribution is -2.30. The molecular weight excluding hydrogens is 456 g/mol. The largest absolute Gasteiger partial charge is 0.423 e. The first-order valence-electron chi connectivity index (χ1n) is 13.0. The molecule has 0 spiro atoms. The average molecular weight is 491 g/mol. The van der Waals surface area contributed by atoms with Crippen LogP contribution in [0.3, 0.4) is 0 Å². The smallest absolute Gasteiger partial charge is 0.343 e. The number of hydrogen-bond donors (Lipinski definition) is 0. The van der Waals surface area contributed by atoms with Crippen LogP contribution >= 0.6 is 0 Å². The Bertz CT molecular complexity index is 1010. The first kappa shape index (κ1) is 25.7. The average Bonchev–Trinajstić information content (AvgIpc) is 2.84. The predicted octanol–water partition coefficient (Wildman–Crippen LogP) is 8.73. The number of unbranched alkanes of at least 4 members (excludes halogenated alkanes) is 3. The number of ether oxygens (including phenoxy) is 1. The number of carbonyl (C=O) groups is 1. The van der Waals surface area contributed by atoms with Gasteiger partial charge in [0.2, 0.25) is 0 Å². The standard InChI is InChI=1S/C29H34F4O2/c1-2-3-4-5-6-18-7-8-20-14-21(10-9-19(20)13-18)24-12-11-22(15-25(24)30)29(34)35-23-16-26(31)28(33)27(32)17-23/h11-12,15-21H,2-10,13-14H2,1H3. The lowest BCUT2D eigenvalue weighted by atomic mass is 9.63. The molecule has 0 radical (unpaired) electrons. The minimum atomic E-state index is -1.64. The quantitative estimate of drug-likeness (QED) is 0.122. The van der Waals surface area contributed by atoms with E-state index in [9.17, 15) is 18.0 Å². The number of hydrogen-bond acceptors (Lipinski definition) is 2. The molecule has 0 aliphatic heterocycles. The van der Waals surface area contributed by atoms with Gasteiger partial charge in [-0.05, 0) is 73.5 Å². The van der Waals surface area contributed by atoms with Crippen molar-refractivity contribution in [1.82, 2.24) is 0 Å². The topological polar surface area (TPSA) is 26.3 Å². The molecule has 2 aromatic carbocycles. The van der Waals surface area contributed by atoms with Gasteiger partial charge >= 0.3 is 5.97 Å². The Balaban J connectivity index is 1.34. The van der Waals surface area contributed by atoms with Gasteiger partial charge < -0.3 is 4.74 Å². The van der Waals surface area contributed by atoms with E-state index in [1.54, 1.807) is 6.07 Å². The monoisotopic (exact) mass is 490 g/mol. The summed E-state index contributed by atoms with van der Waals surface area (Å²) in [4.78, 5) is 12.4. The summed E-state index contributed by atoms with van der Waals surface area (Å²) in [5.41, 5.74) is 0.550. The van der Waals surface area contributed by atoms with Gasteiger partial charge in [-0.25, -0.2) is 22.4 Å². The molecule has 0 aromatic heterocycles. The molecule has 190 valence electrons. The van der Waals surface area contributed by atoms with Crippen molar-refractivity contribution in [2.24, 2.45) is 17.8 Å². The molecule has 4 rings (SSSR count). The Morgan fingerprint density at radius 1 is 0.857 bits per heavy atom. The number of carbonyl (C=O) groups excluding carboxylic acids is 1. The summed E-state index contributed by atoms with van der Waals surface area (Å²) in [5, 5.41) is 0. The van der Waals surface area contributed by atoms with Crippen LogP contribution in [-0.2, 0) is 0 Å². The van der Waals surface area contributed by atoms with Crippen LogP contribution in [-0.4, -0.2) is 5.97 Å². The molecule has 6 heteroatoms. The normalized spacial score (nSPS) is 24.1. The van der Waals surface area contributed by atoms with Crippen LogP contribution in [0.5, 0.6) is 5.75 Å². The molecule has 4 unspecified atom stereocenters. The summed E-state index contributed by atoms with van der Waals surface area (Å²) < 4.78 is 59.8. The van der Waals surface area contributed by atoms with Crippen molar-refractivity contribution in [2.45, 2.75) is 83.5 Å². The highest BCUT2D eigenvalue weighted by atomic mass is 19.2. The van der Waals surface area contributed by atoms with Crippen LogP contribution in [0.25, 0.3) is 0 Å². The van der Waals surface area contributed by atoms with E-state index in [0.29, 0.717) is 23.6 Å². The van der Waals surface area contributed by atoms with Crippen molar-refractivity contribution in [1.29, 1.82) is 0 Å². The second-order valence-corrected chi connectivity index (χ2v) is 10.4. The highest BCUT2D eigenvalue weighted by molar-refractivity contribution is 5.91.